The van der Waals surface area contributed by atoms with Crippen molar-refractivity contribution in [1.82, 2.24) is 0 Å². The van der Waals surface area contributed by atoms with Gasteiger partial charge in [-0.2, -0.15) is 0 Å². The van der Waals surface area contributed by atoms with Crippen LogP contribution in [0.15, 0.2) is 12.8 Å². The van der Waals surface area contributed by atoms with Crippen LogP contribution in [0.4, 0.5) is 0 Å². The second kappa shape index (κ2) is 19.9. The van der Waals surface area contributed by atoms with Gasteiger partial charge in [-0.15, -0.1) is 0 Å². The molecule has 0 saturated heterocycles. The summed E-state index contributed by atoms with van der Waals surface area (Å²) in [6, 6.07) is 0. The van der Waals surface area contributed by atoms with Gasteiger partial charge in [0, 0.05) is 0 Å². The molecule has 2 heteroatoms. The van der Waals surface area contributed by atoms with E-state index in [1.54, 1.807) is 6.26 Å². The summed E-state index contributed by atoms with van der Waals surface area (Å²) < 4.78 is 5.09. The third-order valence-electron chi connectivity index (χ3n) is 3.23. The molecule has 0 bridgehead atoms. The number of unbranched alkanes of at least 4 members (excludes halogenated alkanes) is 11. The zero-order valence-electron chi connectivity index (χ0n) is 13.9. The Balaban J connectivity index is -0.00000128. The van der Waals surface area contributed by atoms with Gasteiger partial charge in [-0.05, 0) is 6.42 Å². The minimum absolute atomic E-state index is 0. The van der Waals surface area contributed by atoms with E-state index in [0.717, 1.165) is 6.61 Å². The van der Waals surface area contributed by atoms with Gasteiger partial charge in [-0.1, -0.05) is 84.1 Å². The van der Waals surface area contributed by atoms with E-state index in [4.69, 9.17) is 4.74 Å². The van der Waals surface area contributed by atoms with Crippen molar-refractivity contribution in [2.24, 2.45) is 0 Å². The summed E-state index contributed by atoms with van der Waals surface area (Å²) in [7, 11) is 0. The molecule has 104 valence electrons. The van der Waals surface area contributed by atoms with Crippen LogP contribution in [0.3, 0.4) is 0 Å². The van der Waals surface area contributed by atoms with Gasteiger partial charge in [0.1, 0.15) is 0 Å². The second-order valence-corrected chi connectivity index (χ2v) is 4.93. The van der Waals surface area contributed by atoms with Crippen molar-refractivity contribution < 1.29 is 35.7 Å². The van der Waals surface area contributed by atoms with E-state index in [0.29, 0.717) is 0 Å². The first-order valence-corrected chi connectivity index (χ1v) is 7.64. The summed E-state index contributed by atoms with van der Waals surface area (Å²) in [5, 5.41) is 0. The third-order valence-corrected chi connectivity index (χ3v) is 3.23. The molecule has 0 aliphatic rings. The van der Waals surface area contributed by atoms with Crippen LogP contribution in [0.5, 0.6) is 0 Å². The summed E-state index contributed by atoms with van der Waals surface area (Å²) in [4.78, 5) is 0. The van der Waals surface area contributed by atoms with Crippen molar-refractivity contribution in [2.75, 3.05) is 6.61 Å². The molecule has 0 aromatic heterocycles. The van der Waals surface area contributed by atoms with E-state index in [2.05, 4.69) is 13.5 Å². The van der Waals surface area contributed by atoms with Crippen LogP contribution >= 0.6 is 0 Å². The fourth-order valence-corrected chi connectivity index (χ4v) is 2.11. The molecule has 0 fully saturated rings. The molecule has 0 atom stereocenters. The predicted molar refractivity (Wildman–Crippen MR) is 78.3 cm³/mol. The van der Waals surface area contributed by atoms with Crippen LogP contribution in [0.1, 0.15) is 85.4 Å². The number of hydrogen-bond acceptors (Lipinski definition) is 1. The molecular formula is C16H33NaO. The van der Waals surface area contributed by atoms with Crippen LogP contribution in [0, 0.1) is 0 Å². The number of rotatable bonds is 14. The Morgan fingerprint density at radius 3 is 1.56 bits per heavy atom. The van der Waals surface area contributed by atoms with Gasteiger partial charge < -0.3 is 6.16 Å². The standard InChI is InChI=1S/C16H32O.Na.H/c1-3-5-6-7-8-9-10-11-12-13-14-15-16-17-4-2;;/h4H,2-3,5-16H2,1H3;;/q;+1;-1. The molecule has 0 amide bonds. The average Bonchev–Trinajstić information content (AvgIpc) is 2.35. The Bertz CT molecular complexity index is 154. The van der Waals surface area contributed by atoms with Gasteiger partial charge >= 0.3 is 29.6 Å². The average molecular weight is 264 g/mol. The fraction of sp³-hybridized carbons (Fsp3) is 0.875. The molecule has 0 unspecified atom stereocenters. The zero-order chi connectivity index (χ0) is 12.6. The molecule has 0 N–H and O–H groups in total. The molecule has 0 radical (unpaired) electrons. The van der Waals surface area contributed by atoms with Gasteiger partial charge in [-0.25, -0.2) is 0 Å². The van der Waals surface area contributed by atoms with Crippen LogP contribution in [-0.2, 0) is 4.74 Å². The van der Waals surface area contributed by atoms with Crippen molar-refractivity contribution in [3.05, 3.63) is 12.8 Å². The van der Waals surface area contributed by atoms with E-state index in [-0.39, 0.29) is 31.0 Å². The molecule has 0 aromatic carbocycles. The third kappa shape index (κ3) is 18.9. The molecule has 0 heterocycles. The zero-order valence-corrected chi connectivity index (χ0v) is 14.9. The Labute approximate surface area is 139 Å². The van der Waals surface area contributed by atoms with Crippen LogP contribution in [-0.4, -0.2) is 6.61 Å². The van der Waals surface area contributed by atoms with Gasteiger partial charge in [0.05, 0.1) is 12.9 Å². The first-order valence-electron chi connectivity index (χ1n) is 7.64. The first-order chi connectivity index (χ1) is 8.41. The quantitative estimate of drug-likeness (QED) is 0.266. The Kier molecular flexibility index (Phi) is 23.0. The first kappa shape index (κ1) is 20.8. The summed E-state index contributed by atoms with van der Waals surface area (Å²) in [5.41, 5.74) is 0. The van der Waals surface area contributed by atoms with E-state index >= 15 is 0 Å². The molecule has 0 rings (SSSR count). The molecule has 0 aliphatic carbocycles. The monoisotopic (exact) mass is 264 g/mol. The van der Waals surface area contributed by atoms with Crippen molar-refractivity contribution in [2.45, 2.75) is 84.0 Å². The molecule has 1 nitrogen and oxygen atoms in total. The van der Waals surface area contributed by atoms with Crippen molar-refractivity contribution >= 4 is 0 Å². The summed E-state index contributed by atoms with van der Waals surface area (Å²) >= 11 is 0. The molecule has 0 saturated carbocycles. The van der Waals surface area contributed by atoms with E-state index < -0.39 is 0 Å². The van der Waals surface area contributed by atoms with E-state index in [1.165, 1.54) is 77.0 Å². The van der Waals surface area contributed by atoms with E-state index in [9.17, 15) is 0 Å². The summed E-state index contributed by atoms with van der Waals surface area (Å²) in [6.07, 6.45) is 18.3. The molecular weight excluding hydrogens is 231 g/mol. The van der Waals surface area contributed by atoms with Crippen molar-refractivity contribution in [1.29, 1.82) is 0 Å². The minimum Gasteiger partial charge on any atom is -1.00 e. The normalized spacial score (nSPS) is 9.83. The number of hydrogen-bond donors (Lipinski definition) is 0. The minimum atomic E-state index is 0. The molecule has 18 heavy (non-hydrogen) atoms. The largest absolute Gasteiger partial charge is 1.00 e. The van der Waals surface area contributed by atoms with Gasteiger partial charge in [0.15, 0.2) is 0 Å². The summed E-state index contributed by atoms with van der Waals surface area (Å²) in [5.74, 6) is 0. The van der Waals surface area contributed by atoms with Crippen LogP contribution in [0.2, 0.25) is 0 Å². The predicted octanol–water partition coefficient (Wildman–Crippen LogP) is 2.96. The van der Waals surface area contributed by atoms with Crippen molar-refractivity contribution in [3.63, 3.8) is 0 Å². The van der Waals surface area contributed by atoms with Crippen LogP contribution in [0.25, 0.3) is 0 Å². The number of ether oxygens (including phenoxy) is 1. The smallest absolute Gasteiger partial charge is 1.00 e. The Morgan fingerprint density at radius 2 is 1.17 bits per heavy atom. The maximum atomic E-state index is 5.09. The molecule has 0 aliphatic heterocycles. The van der Waals surface area contributed by atoms with Crippen LogP contribution < -0.4 is 29.6 Å². The summed E-state index contributed by atoms with van der Waals surface area (Å²) in [6.45, 7) is 6.66. The maximum absolute atomic E-state index is 5.09. The Morgan fingerprint density at radius 1 is 0.778 bits per heavy atom. The van der Waals surface area contributed by atoms with Gasteiger partial charge in [0.25, 0.3) is 0 Å². The fourth-order valence-electron chi connectivity index (χ4n) is 2.11. The SMILES string of the molecule is C=COCCCCCCCCCCCCCC.[H-].[Na+]. The molecule has 0 spiro atoms. The topological polar surface area (TPSA) is 9.23 Å². The van der Waals surface area contributed by atoms with Gasteiger partial charge in [0.2, 0.25) is 0 Å². The second-order valence-electron chi connectivity index (χ2n) is 4.93. The molecule has 0 aromatic rings. The van der Waals surface area contributed by atoms with Crippen molar-refractivity contribution in [3.8, 4) is 0 Å². The van der Waals surface area contributed by atoms with E-state index in [1.807, 2.05) is 0 Å². The maximum Gasteiger partial charge on any atom is 1.00 e. The Hall–Kier alpha value is 0.540. The van der Waals surface area contributed by atoms with Gasteiger partial charge in [-0.3, -0.25) is 0 Å².